The second kappa shape index (κ2) is 8.92. The molecule has 0 saturated heterocycles. The van der Waals surface area contributed by atoms with Crippen molar-refractivity contribution in [1.29, 1.82) is 0 Å². The number of aromatic nitrogens is 1. The molecule has 0 fully saturated rings. The summed E-state index contributed by atoms with van der Waals surface area (Å²) in [4.78, 5) is 17.5. The first-order valence-electron chi connectivity index (χ1n) is 8.13. The topological polar surface area (TPSA) is 57.7 Å². The van der Waals surface area contributed by atoms with E-state index in [1.807, 2.05) is 41.8 Å². The number of carbonyl (C=O) groups is 1. The second-order valence-electron chi connectivity index (χ2n) is 5.49. The summed E-state index contributed by atoms with van der Waals surface area (Å²) in [6.07, 6.45) is 0. The van der Waals surface area contributed by atoms with Gasteiger partial charge in [-0.15, -0.1) is 23.1 Å². The van der Waals surface area contributed by atoms with Crippen molar-refractivity contribution in [3.63, 3.8) is 0 Å². The average molecular weight is 402 g/mol. The lowest BCUT2D eigenvalue weighted by Crippen LogP contribution is -2.02. The third kappa shape index (κ3) is 4.43. The molecule has 0 aliphatic carbocycles. The van der Waals surface area contributed by atoms with Crippen LogP contribution in [0, 0.1) is 0 Å². The quantitative estimate of drug-likeness (QED) is 0.414. The first-order chi connectivity index (χ1) is 13.2. The first kappa shape index (κ1) is 19.3. The van der Waals surface area contributed by atoms with Crippen LogP contribution in [0.3, 0.4) is 0 Å². The molecule has 5 nitrogen and oxygen atoms in total. The second-order valence-corrected chi connectivity index (χ2v) is 7.37. The largest absolute Gasteiger partial charge is 0.493 e. The minimum atomic E-state index is -0.331. The average Bonchev–Trinajstić information content (AvgIpc) is 3.20. The van der Waals surface area contributed by atoms with Crippen LogP contribution in [0.2, 0.25) is 0 Å². The Morgan fingerprint density at radius 1 is 1.07 bits per heavy atom. The molecule has 0 amide bonds. The third-order valence-electron chi connectivity index (χ3n) is 3.85. The zero-order chi connectivity index (χ0) is 19.2. The van der Waals surface area contributed by atoms with Gasteiger partial charge in [0, 0.05) is 21.6 Å². The van der Waals surface area contributed by atoms with Gasteiger partial charge in [-0.25, -0.2) is 9.78 Å². The van der Waals surface area contributed by atoms with Gasteiger partial charge in [0.25, 0.3) is 0 Å². The highest BCUT2D eigenvalue weighted by atomic mass is 32.2. The van der Waals surface area contributed by atoms with E-state index in [1.54, 1.807) is 43.4 Å². The summed E-state index contributed by atoms with van der Waals surface area (Å²) in [5.41, 5.74) is 2.50. The third-order valence-corrected chi connectivity index (χ3v) is 5.90. The van der Waals surface area contributed by atoms with Crippen LogP contribution in [-0.4, -0.2) is 32.3 Å². The van der Waals surface area contributed by atoms with Crippen molar-refractivity contribution in [2.24, 2.45) is 0 Å². The molecule has 0 aliphatic heterocycles. The molecule has 2 aromatic carbocycles. The Balaban J connectivity index is 1.75. The van der Waals surface area contributed by atoms with Crippen LogP contribution in [0.5, 0.6) is 11.5 Å². The molecular weight excluding hydrogens is 382 g/mol. The van der Waals surface area contributed by atoms with E-state index in [4.69, 9.17) is 19.2 Å². The van der Waals surface area contributed by atoms with Crippen molar-refractivity contribution in [2.75, 3.05) is 21.3 Å². The Morgan fingerprint density at radius 2 is 1.85 bits per heavy atom. The number of benzene rings is 2. The van der Waals surface area contributed by atoms with Gasteiger partial charge < -0.3 is 14.2 Å². The van der Waals surface area contributed by atoms with Crippen molar-refractivity contribution in [3.05, 3.63) is 59.1 Å². The summed E-state index contributed by atoms with van der Waals surface area (Å²) in [7, 11) is 4.62. The number of rotatable bonds is 7. The SMILES string of the molecule is COC(=O)c1ccccc1SCc1csc(-c2ccc(OC)c(OC)c2)n1. The fourth-order valence-electron chi connectivity index (χ4n) is 2.50. The van der Waals surface area contributed by atoms with Crippen molar-refractivity contribution in [1.82, 2.24) is 4.98 Å². The van der Waals surface area contributed by atoms with Crippen molar-refractivity contribution in [2.45, 2.75) is 10.6 Å². The molecule has 27 heavy (non-hydrogen) atoms. The maximum atomic E-state index is 11.9. The number of methoxy groups -OCH3 is 3. The van der Waals surface area contributed by atoms with Gasteiger partial charge in [-0.1, -0.05) is 12.1 Å². The summed E-state index contributed by atoms with van der Waals surface area (Å²) in [5.74, 6) is 1.70. The number of nitrogens with zero attached hydrogens (tertiary/aromatic N) is 1. The van der Waals surface area contributed by atoms with Gasteiger partial charge in [-0.3, -0.25) is 0 Å². The number of ether oxygens (including phenoxy) is 3. The molecule has 3 rings (SSSR count). The fourth-order valence-corrected chi connectivity index (χ4v) is 4.35. The maximum Gasteiger partial charge on any atom is 0.338 e. The molecule has 3 aromatic rings. The van der Waals surface area contributed by atoms with Crippen LogP contribution in [0.15, 0.2) is 52.7 Å². The number of thioether (sulfide) groups is 1. The van der Waals surface area contributed by atoms with Crippen molar-refractivity contribution >= 4 is 29.1 Å². The van der Waals surface area contributed by atoms with Crippen LogP contribution in [-0.2, 0) is 10.5 Å². The predicted octanol–water partition coefficient (Wildman–Crippen LogP) is 4.91. The maximum absolute atomic E-state index is 11.9. The number of esters is 1. The first-order valence-corrected chi connectivity index (χ1v) is 9.99. The Bertz CT molecular complexity index is 939. The highest BCUT2D eigenvalue weighted by Gasteiger charge is 2.13. The Morgan fingerprint density at radius 3 is 2.59 bits per heavy atom. The molecule has 0 spiro atoms. The standard InChI is InChI=1S/C20H19NO4S2/c1-23-16-9-8-13(10-17(16)24-2)19-21-14(12-27-19)11-26-18-7-5-4-6-15(18)20(22)25-3/h4-10,12H,11H2,1-3H3. The summed E-state index contributed by atoms with van der Waals surface area (Å²) in [5, 5.41) is 2.94. The van der Waals surface area contributed by atoms with E-state index in [2.05, 4.69) is 0 Å². The molecule has 0 atom stereocenters. The van der Waals surface area contributed by atoms with Gasteiger partial charge in [0.05, 0.1) is 32.6 Å². The minimum Gasteiger partial charge on any atom is -0.493 e. The number of hydrogen-bond acceptors (Lipinski definition) is 7. The smallest absolute Gasteiger partial charge is 0.338 e. The van der Waals surface area contributed by atoms with Gasteiger partial charge in [0.1, 0.15) is 5.01 Å². The lowest BCUT2D eigenvalue weighted by molar-refractivity contribution is 0.0597. The van der Waals surface area contributed by atoms with E-state index in [0.717, 1.165) is 21.2 Å². The monoisotopic (exact) mass is 401 g/mol. The Hall–Kier alpha value is -2.51. The minimum absolute atomic E-state index is 0.331. The molecule has 0 saturated carbocycles. The lowest BCUT2D eigenvalue weighted by Gasteiger charge is -2.08. The summed E-state index contributed by atoms with van der Waals surface area (Å²) in [6, 6.07) is 13.2. The number of hydrogen-bond donors (Lipinski definition) is 0. The number of carbonyl (C=O) groups excluding carboxylic acids is 1. The molecule has 140 valence electrons. The van der Waals surface area contributed by atoms with Gasteiger partial charge in [0.15, 0.2) is 11.5 Å². The van der Waals surface area contributed by atoms with Crippen LogP contribution < -0.4 is 9.47 Å². The van der Waals surface area contributed by atoms with E-state index >= 15 is 0 Å². The van der Waals surface area contributed by atoms with Crippen LogP contribution >= 0.6 is 23.1 Å². The van der Waals surface area contributed by atoms with E-state index in [1.165, 1.54) is 7.11 Å². The molecule has 0 bridgehead atoms. The van der Waals surface area contributed by atoms with Gasteiger partial charge in [-0.2, -0.15) is 0 Å². The molecule has 0 radical (unpaired) electrons. The molecule has 1 heterocycles. The predicted molar refractivity (Wildman–Crippen MR) is 108 cm³/mol. The van der Waals surface area contributed by atoms with Gasteiger partial charge in [0.2, 0.25) is 0 Å². The normalized spacial score (nSPS) is 10.5. The van der Waals surface area contributed by atoms with Crippen LogP contribution in [0.4, 0.5) is 0 Å². The molecule has 0 unspecified atom stereocenters. The zero-order valence-corrected chi connectivity index (χ0v) is 16.9. The molecule has 7 heteroatoms. The van der Waals surface area contributed by atoms with E-state index in [0.29, 0.717) is 22.8 Å². The van der Waals surface area contributed by atoms with Gasteiger partial charge in [-0.05, 0) is 30.3 Å². The Labute approximate surface area is 166 Å². The molecule has 1 aromatic heterocycles. The fraction of sp³-hybridized carbons (Fsp3) is 0.200. The number of thiazole rings is 1. The summed E-state index contributed by atoms with van der Waals surface area (Å²) in [6.45, 7) is 0. The zero-order valence-electron chi connectivity index (χ0n) is 15.2. The van der Waals surface area contributed by atoms with Crippen LogP contribution in [0.1, 0.15) is 16.1 Å². The summed E-state index contributed by atoms with van der Waals surface area (Å²) >= 11 is 3.14. The van der Waals surface area contributed by atoms with E-state index in [9.17, 15) is 4.79 Å². The molecule has 0 N–H and O–H groups in total. The molecule has 0 aliphatic rings. The highest BCUT2D eigenvalue weighted by molar-refractivity contribution is 7.98. The molecular formula is C20H19NO4S2. The van der Waals surface area contributed by atoms with Crippen LogP contribution in [0.25, 0.3) is 10.6 Å². The van der Waals surface area contributed by atoms with Gasteiger partial charge >= 0.3 is 5.97 Å². The summed E-state index contributed by atoms with van der Waals surface area (Å²) < 4.78 is 15.5. The lowest BCUT2D eigenvalue weighted by atomic mass is 10.2. The highest BCUT2D eigenvalue weighted by Crippen LogP contribution is 2.34. The van der Waals surface area contributed by atoms with Crippen molar-refractivity contribution < 1.29 is 19.0 Å². The Kier molecular flexibility index (Phi) is 6.36. The van der Waals surface area contributed by atoms with Crippen molar-refractivity contribution in [3.8, 4) is 22.1 Å². The van der Waals surface area contributed by atoms with E-state index in [-0.39, 0.29) is 5.97 Å². The van der Waals surface area contributed by atoms with E-state index < -0.39 is 0 Å².